The van der Waals surface area contributed by atoms with E-state index in [1.807, 2.05) is 6.92 Å². The summed E-state index contributed by atoms with van der Waals surface area (Å²) in [5.41, 5.74) is 14.1. The number of nitrogens with two attached hydrogens (primary N) is 2. The van der Waals surface area contributed by atoms with Gasteiger partial charge in [0.1, 0.15) is 5.75 Å². The van der Waals surface area contributed by atoms with E-state index in [-0.39, 0.29) is 24.0 Å². The van der Waals surface area contributed by atoms with Gasteiger partial charge in [-0.15, -0.1) is 0 Å². The van der Waals surface area contributed by atoms with Crippen molar-refractivity contribution in [2.45, 2.75) is 19.5 Å². The van der Waals surface area contributed by atoms with E-state index in [2.05, 4.69) is 5.32 Å². The summed E-state index contributed by atoms with van der Waals surface area (Å²) in [6.07, 6.45) is 0. The average Bonchev–Trinajstić information content (AvgIpc) is 2.48. The van der Waals surface area contributed by atoms with E-state index in [0.29, 0.717) is 16.9 Å². The van der Waals surface area contributed by atoms with Gasteiger partial charge in [0.25, 0.3) is 5.69 Å². The second-order valence-electron chi connectivity index (χ2n) is 5.06. The Labute approximate surface area is 127 Å². The summed E-state index contributed by atoms with van der Waals surface area (Å²) in [5, 5.41) is 23.7. The van der Waals surface area contributed by atoms with Crippen molar-refractivity contribution in [2.24, 2.45) is 0 Å². The van der Waals surface area contributed by atoms with Crippen molar-refractivity contribution in [3.8, 4) is 5.75 Å². The second kappa shape index (κ2) is 6.31. The minimum absolute atomic E-state index is 0.00541. The standard InChI is InChI=1S/C15H18N4O3/c1-9(13-7-11(16)2-4-14(13)17)18-8-10-6-12(19(21)22)3-5-15(10)20/h2-7,9,18,20H,8,16-17H2,1H3. The van der Waals surface area contributed by atoms with Gasteiger partial charge in [-0.25, -0.2) is 0 Å². The molecule has 22 heavy (non-hydrogen) atoms. The molecule has 6 N–H and O–H groups in total. The third-order valence-corrected chi connectivity index (χ3v) is 3.45. The fraction of sp³-hybridized carbons (Fsp3) is 0.200. The normalized spacial score (nSPS) is 12.0. The molecule has 0 heterocycles. The number of anilines is 2. The van der Waals surface area contributed by atoms with Crippen molar-refractivity contribution in [2.75, 3.05) is 11.5 Å². The predicted octanol–water partition coefficient (Wildman–Crippen LogP) is 2.32. The van der Waals surface area contributed by atoms with Crippen LogP contribution in [0.15, 0.2) is 36.4 Å². The molecule has 7 nitrogen and oxygen atoms in total. The van der Waals surface area contributed by atoms with E-state index in [1.54, 1.807) is 18.2 Å². The topological polar surface area (TPSA) is 127 Å². The Bertz CT molecular complexity index is 703. The van der Waals surface area contributed by atoms with Gasteiger partial charge in [-0.2, -0.15) is 0 Å². The molecule has 0 amide bonds. The van der Waals surface area contributed by atoms with E-state index >= 15 is 0 Å². The van der Waals surface area contributed by atoms with Crippen LogP contribution in [0.3, 0.4) is 0 Å². The summed E-state index contributed by atoms with van der Waals surface area (Å²) in [5.74, 6) is 0.00541. The Morgan fingerprint density at radius 1 is 1.27 bits per heavy atom. The Morgan fingerprint density at radius 3 is 2.68 bits per heavy atom. The summed E-state index contributed by atoms with van der Waals surface area (Å²) in [7, 11) is 0. The van der Waals surface area contributed by atoms with Crippen LogP contribution in [0.5, 0.6) is 5.75 Å². The number of non-ortho nitro benzene ring substituents is 1. The van der Waals surface area contributed by atoms with Crippen molar-refractivity contribution in [3.63, 3.8) is 0 Å². The van der Waals surface area contributed by atoms with Crippen LogP contribution < -0.4 is 16.8 Å². The minimum Gasteiger partial charge on any atom is -0.508 e. The fourth-order valence-electron chi connectivity index (χ4n) is 2.17. The number of nitrogens with zero attached hydrogens (tertiary/aromatic N) is 1. The molecule has 1 unspecified atom stereocenters. The first-order valence-electron chi connectivity index (χ1n) is 6.73. The summed E-state index contributed by atoms with van der Waals surface area (Å²) < 4.78 is 0. The highest BCUT2D eigenvalue weighted by molar-refractivity contribution is 5.56. The summed E-state index contributed by atoms with van der Waals surface area (Å²) in [6.45, 7) is 2.17. The first-order valence-corrected chi connectivity index (χ1v) is 6.73. The van der Waals surface area contributed by atoms with Gasteiger partial charge in [0.15, 0.2) is 0 Å². The number of nitro benzene ring substituents is 1. The maximum Gasteiger partial charge on any atom is 0.270 e. The van der Waals surface area contributed by atoms with Crippen LogP contribution in [0.25, 0.3) is 0 Å². The van der Waals surface area contributed by atoms with Crippen LogP contribution in [-0.4, -0.2) is 10.0 Å². The van der Waals surface area contributed by atoms with Crippen molar-refractivity contribution >= 4 is 17.1 Å². The number of benzene rings is 2. The molecule has 7 heteroatoms. The smallest absolute Gasteiger partial charge is 0.270 e. The van der Waals surface area contributed by atoms with Gasteiger partial charge in [-0.1, -0.05) is 0 Å². The molecule has 0 bridgehead atoms. The van der Waals surface area contributed by atoms with Crippen LogP contribution in [0.4, 0.5) is 17.1 Å². The minimum atomic E-state index is -0.498. The van der Waals surface area contributed by atoms with Gasteiger partial charge in [-0.3, -0.25) is 10.1 Å². The Balaban J connectivity index is 2.14. The summed E-state index contributed by atoms with van der Waals surface area (Å²) >= 11 is 0. The van der Waals surface area contributed by atoms with E-state index in [1.165, 1.54) is 18.2 Å². The lowest BCUT2D eigenvalue weighted by Crippen LogP contribution is -2.19. The maximum absolute atomic E-state index is 10.8. The van der Waals surface area contributed by atoms with Gasteiger partial charge in [-0.05, 0) is 36.8 Å². The van der Waals surface area contributed by atoms with Gasteiger partial charge in [0, 0.05) is 41.7 Å². The highest BCUT2D eigenvalue weighted by Crippen LogP contribution is 2.26. The largest absolute Gasteiger partial charge is 0.508 e. The zero-order valence-corrected chi connectivity index (χ0v) is 12.1. The Hall–Kier alpha value is -2.80. The zero-order chi connectivity index (χ0) is 16.3. The molecule has 116 valence electrons. The summed E-state index contributed by atoms with van der Waals surface area (Å²) in [4.78, 5) is 10.3. The first kappa shape index (κ1) is 15.6. The number of rotatable bonds is 5. The highest BCUT2D eigenvalue weighted by Gasteiger charge is 2.13. The molecule has 0 aliphatic heterocycles. The molecule has 0 aromatic heterocycles. The summed E-state index contributed by atoms with van der Waals surface area (Å²) in [6, 6.07) is 9.03. The SMILES string of the molecule is CC(NCc1cc([N+](=O)[O-])ccc1O)c1cc(N)ccc1N. The molecular weight excluding hydrogens is 284 g/mol. The van der Waals surface area contributed by atoms with E-state index in [0.717, 1.165) is 5.56 Å². The fourth-order valence-corrected chi connectivity index (χ4v) is 2.17. The van der Waals surface area contributed by atoms with Crippen molar-refractivity contribution in [1.29, 1.82) is 0 Å². The van der Waals surface area contributed by atoms with Crippen molar-refractivity contribution in [1.82, 2.24) is 5.32 Å². The molecule has 0 saturated carbocycles. The van der Waals surface area contributed by atoms with Crippen LogP contribution in [0.1, 0.15) is 24.1 Å². The number of hydrogen-bond acceptors (Lipinski definition) is 6. The lowest BCUT2D eigenvalue weighted by molar-refractivity contribution is -0.384. The first-order chi connectivity index (χ1) is 10.4. The van der Waals surface area contributed by atoms with Gasteiger partial charge < -0.3 is 21.9 Å². The molecule has 0 saturated heterocycles. The van der Waals surface area contributed by atoms with Crippen molar-refractivity contribution < 1.29 is 10.0 Å². The van der Waals surface area contributed by atoms with Gasteiger partial charge >= 0.3 is 0 Å². The van der Waals surface area contributed by atoms with Crippen LogP contribution in [0, 0.1) is 10.1 Å². The Morgan fingerprint density at radius 2 is 2.00 bits per heavy atom. The molecular formula is C15H18N4O3. The van der Waals surface area contributed by atoms with Gasteiger partial charge in [0.05, 0.1) is 4.92 Å². The number of nitrogens with one attached hydrogen (secondary N) is 1. The number of nitrogen functional groups attached to an aromatic ring is 2. The van der Waals surface area contributed by atoms with Gasteiger partial charge in [0.2, 0.25) is 0 Å². The number of hydrogen-bond donors (Lipinski definition) is 4. The molecule has 0 fully saturated rings. The lowest BCUT2D eigenvalue weighted by atomic mass is 10.0. The van der Waals surface area contributed by atoms with Crippen LogP contribution >= 0.6 is 0 Å². The monoisotopic (exact) mass is 302 g/mol. The predicted molar refractivity (Wildman–Crippen MR) is 85.3 cm³/mol. The Kier molecular flexibility index (Phi) is 4.47. The van der Waals surface area contributed by atoms with Crippen LogP contribution in [-0.2, 0) is 6.54 Å². The molecule has 0 radical (unpaired) electrons. The molecule has 0 spiro atoms. The second-order valence-corrected chi connectivity index (χ2v) is 5.06. The van der Waals surface area contributed by atoms with E-state index in [9.17, 15) is 15.2 Å². The quantitative estimate of drug-likeness (QED) is 0.381. The number of nitro groups is 1. The zero-order valence-electron chi connectivity index (χ0n) is 12.1. The van der Waals surface area contributed by atoms with Crippen molar-refractivity contribution in [3.05, 3.63) is 57.6 Å². The third-order valence-electron chi connectivity index (χ3n) is 3.45. The number of aromatic hydroxyl groups is 1. The number of phenolic OH excluding ortho intramolecular Hbond substituents is 1. The maximum atomic E-state index is 10.8. The molecule has 0 aliphatic carbocycles. The van der Waals surface area contributed by atoms with E-state index < -0.39 is 4.92 Å². The van der Waals surface area contributed by atoms with E-state index in [4.69, 9.17) is 11.5 Å². The molecule has 2 rings (SSSR count). The third kappa shape index (κ3) is 3.44. The highest BCUT2D eigenvalue weighted by atomic mass is 16.6. The van der Waals surface area contributed by atoms with Crippen LogP contribution in [0.2, 0.25) is 0 Å². The number of phenols is 1. The average molecular weight is 302 g/mol. The molecule has 0 aliphatic rings. The molecule has 2 aromatic carbocycles. The lowest BCUT2D eigenvalue weighted by Gasteiger charge is -2.17. The molecule has 1 atom stereocenters. The molecule has 2 aromatic rings.